The van der Waals surface area contributed by atoms with E-state index in [-0.39, 0.29) is 11.7 Å². The molecule has 8 heteroatoms. The van der Waals surface area contributed by atoms with Gasteiger partial charge >= 0.3 is 0 Å². The van der Waals surface area contributed by atoms with Gasteiger partial charge in [-0.15, -0.1) is 0 Å². The van der Waals surface area contributed by atoms with Crippen molar-refractivity contribution >= 4 is 11.9 Å². The van der Waals surface area contributed by atoms with Crippen molar-refractivity contribution in [1.29, 1.82) is 0 Å². The number of rotatable bonds is 6. The average Bonchev–Trinajstić information content (AvgIpc) is 3.17. The van der Waals surface area contributed by atoms with Crippen LogP contribution in [0.15, 0.2) is 35.6 Å². The van der Waals surface area contributed by atoms with Gasteiger partial charge in [-0.05, 0) is 50.3 Å². The van der Waals surface area contributed by atoms with Crippen LogP contribution in [0.5, 0.6) is 0 Å². The number of nitrogens with zero attached hydrogens (tertiary/aromatic N) is 4. The van der Waals surface area contributed by atoms with E-state index < -0.39 is 0 Å². The number of amides is 1. The van der Waals surface area contributed by atoms with Gasteiger partial charge in [0.15, 0.2) is 5.96 Å². The zero-order valence-electron chi connectivity index (χ0n) is 18.0. The van der Waals surface area contributed by atoms with Gasteiger partial charge in [-0.2, -0.15) is 0 Å². The van der Waals surface area contributed by atoms with Gasteiger partial charge in [0.1, 0.15) is 11.6 Å². The van der Waals surface area contributed by atoms with Crippen LogP contribution in [0.1, 0.15) is 37.6 Å². The minimum absolute atomic E-state index is 0.102. The Hall–Kier alpha value is -2.90. The van der Waals surface area contributed by atoms with E-state index in [4.69, 9.17) is 4.99 Å². The molecule has 0 saturated carbocycles. The number of hydrogen-bond acceptors (Lipinski definition) is 3. The van der Waals surface area contributed by atoms with Crippen molar-refractivity contribution in [3.8, 4) is 5.69 Å². The molecule has 162 valence electrons. The summed E-state index contributed by atoms with van der Waals surface area (Å²) in [5.74, 6) is 1.81. The van der Waals surface area contributed by atoms with Crippen LogP contribution in [0, 0.1) is 18.7 Å². The Morgan fingerprint density at radius 3 is 2.70 bits per heavy atom. The minimum atomic E-state index is -0.288. The summed E-state index contributed by atoms with van der Waals surface area (Å²) < 4.78 is 16.4. The first-order valence-corrected chi connectivity index (χ1v) is 10.5. The first-order valence-electron chi connectivity index (χ1n) is 10.5. The lowest BCUT2D eigenvalue weighted by atomic mass is 9.93. The fourth-order valence-electron chi connectivity index (χ4n) is 3.78. The van der Waals surface area contributed by atoms with Crippen LogP contribution in [0.2, 0.25) is 0 Å². The summed E-state index contributed by atoms with van der Waals surface area (Å²) >= 11 is 0. The van der Waals surface area contributed by atoms with E-state index in [0.29, 0.717) is 24.6 Å². The lowest BCUT2D eigenvalue weighted by molar-refractivity contribution is -0.121. The molecule has 0 atom stereocenters. The van der Waals surface area contributed by atoms with E-state index in [2.05, 4.69) is 20.5 Å². The molecule has 0 spiro atoms. The second-order valence-electron chi connectivity index (χ2n) is 7.61. The standard InChI is InChI=1S/C22H31FN6O/c1-4-25-22(28-10-7-17(8-11-28)14-21(30)24-3)27-15-18-5-6-20(19(23)13-18)29-12-9-26-16(29)2/h5-6,9,12-13,17H,4,7-8,10-11,14-15H2,1-3H3,(H,24,30)(H,25,27). The molecule has 2 heterocycles. The first-order chi connectivity index (χ1) is 14.5. The van der Waals surface area contributed by atoms with Crippen molar-refractivity contribution in [3.63, 3.8) is 0 Å². The highest BCUT2D eigenvalue weighted by Crippen LogP contribution is 2.21. The van der Waals surface area contributed by atoms with E-state index in [0.717, 1.165) is 49.8 Å². The smallest absolute Gasteiger partial charge is 0.220 e. The summed E-state index contributed by atoms with van der Waals surface area (Å²) in [4.78, 5) is 22.7. The number of nitrogens with one attached hydrogen (secondary N) is 2. The molecular weight excluding hydrogens is 383 g/mol. The monoisotopic (exact) mass is 414 g/mol. The fourth-order valence-corrected chi connectivity index (χ4v) is 3.78. The molecule has 1 aromatic heterocycles. The van der Waals surface area contributed by atoms with Gasteiger partial charge in [0, 0.05) is 45.5 Å². The maximum atomic E-state index is 14.6. The molecule has 0 unspecified atom stereocenters. The third-order valence-corrected chi connectivity index (χ3v) is 5.51. The highest BCUT2D eigenvalue weighted by molar-refractivity contribution is 5.80. The number of likely N-dealkylation sites (tertiary alicyclic amines) is 1. The van der Waals surface area contributed by atoms with Crippen LogP contribution in [-0.2, 0) is 11.3 Å². The first kappa shape index (κ1) is 21.8. The molecule has 0 radical (unpaired) electrons. The molecule has 7 nitrogen and oxygen atoms in total. The zero-order chi connectivity index (χ0) is 21.5. The van der Waals surface area contributed by atoms with Gasteiger partial charge in [-0.1, -0.05) is 6.07 Å². The van der Waals surface area contributed by atoms with E-state index in [1.807, 2.05) is 19.9 Å². The van der Waals surface area contributed by atoms with Crippen molar-refractivity contribution in [2.45, 2.75) is 39.7 Å². The molecule has 1 fully saturated rings. The minimum Gasteiger partial charge on any atom is -0.359 e. The summed E-state index contributed by atoms with van der Waals surface area (Å²) in [7, 11) is 1.68. The molecule has 3 rings (SSSR count). The summed E-state index contributed by atoms with van der Waals surface area (Å²) in [5, 5.41) is 6.04. The lowest BCUT2D eigenvalue weighted by Gasteiger charge is -2.34. The van der Waals surface area contributed by atoms with Gasteiger partial charge in [0.25, 0.3) is 0 Å². The number of aliphatic imine (C=N–C) groups is 1. The second-order valence-corrected chi connectivity index (χ2v) is 7.61. The van der Waals surface area contributed by atoms with Crippen molar-refractivity contribution in [3.05, 3.63) is 47.8 Å². The van der Waals surface area contributed by atoms with Gasteiger partial charge < -0.3 is 20.1 Å². The predicted octanol–water partition coefficient (Wildman–Crippen LogP) is 2.63. The van der Waals surface area contributed by atoms with Crippen LogP contribution < -0.4 is 10.6 Å². The Kier molecular flexibility index (Phi) is 7.43. The number of aryl methyl sites for hydroxylation is 1. The van der Waals surface area contributed by atoms with Crippen molar-refractivity contribution in [2.24, 2.45) is 10.9 Å². The Bertz CT molecular complexity index is 886. The molecular formula is C22H31FN6O. The number of imidazole rings is 1. The summed E-state index contributed by atoms with van der Waals surface area (Å²) in [6, 6.07) is 5.21. The molecule has 0 aliphatic carbocycles. The molecule has 1 amide bonds. The molecule has 30 heavy (non-hydrogen) atoms. The second kappa shape index (κ2) is 10.2. The van der Waals surface area contributed by atoms with Crippen LogP contribution in [0.4, 0.5) is 4.39 Å². The van der Waals surface area contributed by atoms with E-state index in [9.17, 15) is 9.18 Å². The van der Waals surface area contributed by atoms with Gasteiger partial charge in [-0.3, -0.25) is 4.79 Å². The van der Waals surface area contributed by atoms with E-state index >= 15 is 0 Å². The summed E-state index contributed by atoms with van der Waals surface area (Å²) in [5.41, 5.74) is 1.31. The zero-order valence-corrected chi connectivity index (χ0v) is 18.0. The Morgan fingerprint density at radius 1 is 1.33 bits per heavy atom. The predicted molar refractivity (Wildman–Crippen MR) is 116 cm³/mol. The molecule has 1 aliphatic heterocycles. The van der Waals surface area contributed by atoms with Crippen LogP contribution in [0.3, 0.4) is 0 Å². The maximum absolute atomic E-state index is 14.6. The van der Waals surface area contributed by atoms with Crippen molar-refractivity contribution in [1.82, 2.24) is 25.1 Å². The number of benzene rings is 1. The van der Waals surface area contributed by atoms with Gasteiger partial charge in [-0.25, -0.2) is 14.4 Å². The number of carbonyl (C=O) groups is 1. The van der Waals surface area contributed by atoms with E-state index in [1.165, 1.54) is 6.07 Å². The highest BCUT2D eigenvalue weighted by atomic mass is 19.1. The maximum Gasteiger partial charge on any atom is 0.220 e. The normalized spacial score (nSPS) is 15.3. The van der Waals surface area contributed by atoms with Crippen LogP contribution >= 0.6 is 0 Å². The van der Waals surface area contributed by atoms with Crippen LogP contribution in [0.25, 0.3) is 5.69 Å². The number of carbonyl (C=O) groups excluding carboxylic acids is 1. The SMILES string of the molecule is CCNC(=NCc1ccc(-n2ccnc2C)c(F)c1)N1CCC(CC(=O)NC)CC1. The van der Waals surface area contributed by atoms with Crippen molar-refractivity contribution < 1.29 is 9.18 Å². The highest BCUT2D eigenvalue weighted by Gasteiger charge is 2.23. The number of piperidine rings is 1. The number of hydrogen-bond donors (Lipinski definition) is 2. The molecule has 1 aliphatic rings. The van der Waals surface area contributed by atoms with Gasteiger partial charge in [0.2, 0.25) is 5.91 Å². The number of halogens is 1. The third kappa shape index (κ3) is 5.37. The molecule has 2 aromatic rings. The molecule has 1 aromatic carbocycles. The number of aromatic nitrogens is 2. The molecule has 1 saturated heterocycles. The fraction of sp³-hybridized carbons (Fsp3) is 0.500. The Balaban J connectivity index is 1.64. The summed E-state index contributed by atoms with van der Waals surface area (Å²) in [6.45, 7) is 6.78. The van der Waals surface area contributed by atoms with Crippen molar-refractivity contribution in [2.75, 3.05) is 26.7 Å². The lowest BCUT2D eigenvalue weighted by Crippen LogP contribution is -2.46. The Morgan fingerprint density at radius 2 is 2.10 bits per heavy atom. The average molecular weight is 415 g/mol. The third-order valence-electron chi connectivity index (χ3n) is 5.51. The molecule has 2 N–H and O–H groups in total. The van der Waals surface area contributed by atoms with Gasteiger partial charge in [0.05, 0.1) is 12.2 Å². The number of guanidine groups is 1. The van der Waals surface area contributed by atoms with Crippen LogP contribution in [-0.4, -0.2) is 53.0 Å². The topological polar surface area (TPSA) is 74.5 Å². The summed E-state index contributed by atoms with van der Waals surface area (Å²) in [6.07, 6.45) is 5.92. The quantitative estimate of drug-likeness (QED) is 0.563. The largest absolute Gasteiger partial charge is 0.359 e. The van der Waals surface area contributed by atoms with E-state index in [1.54, 1.807) is 30.1 Å². The Labute approximate surface area is 177 Å². The molecule has 0 bridgehead atoms.